The molecular weight excluding hydrogens is 541 g/mol. The number of aliphatic hydroxyl groups is 1. The molecule has 0 unspecified atom stereocenters. The van der Waals surface area contributed by atoms with Gasteiger partial charge in [0.25, 0.3) is 0 Å². The number of halogens is 2. The number of benzene rings is 2. The lowest BCUT2D eigenvalue weighted by atomic mass is 10.1. The van der Waals surface area contributed by atoms with Gasteiger partial charge >= 0.3 is 0 Å². The standard InChI is InChI=1S/C28H27Cl2N5O4/c1-5-23(37)33-18-8-6-7-15(2)27(18)35-22-12-17-16(14-32-22)11-19(34-28(17)31-9-10-36)24-25(29)20(38-3)13-21(39-4)26(24)30/h5-8,11-14,36H,1,9-10H2,2-4H3,(H,31,34)(H,32,35)(H,33,37). The van der Waals surface area contributed by atoms with Gasteiger partial charge in [0, 0.05) is 35.1 Å². The molecule has 0 atom stereocenters. The predicted octanol–water partition coefficient (Wildman–Crippen LogP) is 6.20. The van der Waals surface area contributed by atoms with Crippen molar-refractivity contribution < 1.29 is 19.4 Å². The number of amides is 1. The van der Waals surface area contributed by atoms with Gasteiger partial charge in [-0.25, -0.2) is 9.97 Å². The lowest BCUT2D eigenvalue weighted by molar-refractivity contribution is -0.111. The number of hydrogen-bond acceptors (Lipinski definition) is 8. The molecule has 9 nitrogen and oxygen atoms in total. The van der Waals surface area contributed by atoms with Crippen LogP contribution in [-0.2, 0) is 4.79 Å². The van der Waals surface area contributed by atoms with Crippen molar-refractivity contribution in [1.82, 2.24) is 9.97 Å². The molecule has 2 heterocycles. The van der Waals surface area contributed by atoms with Gasteiger partial charge in [-0.1, -0.05) is 41.9 Å². The fourth-order valence-electron chi connectivity index (χ4n) is 4.01. The van der Waals surface area contributed by atoms with E-state index in [4.69, 9.17) is 37.7 Å². The first-order chi connectivity index (χ1) is 18.8. The van der Waals surface area contributed by atoms with Crippen molar-refractivity contribution in [3.63, 3.8) is 0 Å². The van der Waals surface area contributed by atoms with Crippen LogP contribution in [0.2, 0.25) is 10.0 Å². The number of fused-ring (bicyclic) bond motifs is 1. The van der Waals surface area contributed by atoms with E-state index in [2.05, 4.69) is 27.5 Å². The van der Waals surface area contributed by atoms with Crippen LogP contribution in [0.4, 0.5) is 23.0 Å². The highest BCUT2D eigenvalue weighted by Gasteiger charge is 2.21. The largest absolute Gasteiger partial charge is 0.495 e. The first-order valence-electron chi connectivity index (χ1n) is 11.9. The SMILES string of the molecule is C=CC(=O)Nc1cccc(C)c1Nc1cc2c(NCCO)nc(-c3c(Cl)c(OC)cc(OC)c3Cl)cc2cn1. The van der Waals surface area contributed by atoms with Gasteiger partial charge in [0.15, 0.2) is 0 Å². The molecule has 2 aromatic heterocycles. The maximum atomic E-state index is 12.0. The number of ether oxygens (including phenoxy) is 2. The number of carbonyl (C=O) groups excluding carboxylic acids is 1. The molecule has 1 amide bonds. The Kier molecular flexibility index (Phi) is 8.75. The molecule has 0 aliphatic heterocycles. The maximum Gasteiger partial charge on any atom is 0.247 e. The van der Waals surface area contributed by atoms with E-state index in [0.717, 1.165) is 16.3 Å². The van der Waals surface area contributed by atoms with Crippen molar-refractivity contribution >= 4 is 62.9 Å². The summed E-state index contributed by atoms with van der Waals surface area (Å²) in [5, 5.41) is 20.8. The fourth-order valence-corrected chi connectivity index (χ4v) is 4.71. The number of aryl methyl sites for hydroxylation is 1. The Labute approximate surface area is 235 Å². The number of hydrogen-bond donors (Lipinski definition) is 4. The van der Waals surface area contributed by atoms with Crippen molar-refractivity contribution in [2.75, 3.05) is 43.3 Å². The number of pyridine rings is 2. The summed E-state index contributed by atoms with van der Waals surface area (Å²) in [7, 11) is 3.00. The van der Waals surface area contributed by atoms with E-state index >= 15 is 0 Å². The van der Waals surface area contributed by atoms with Gasteiger partial charge in [-0.2, -0.15) is 0 Å². The van der Waals surface area contributed by atoms with Crippen LogP contribution in [0.1, 0.15) is 5.56 Å². The van der Waals surface area contributed by atoms with Gasteiger partial charge in [0.2, 0.25) is 5.91 Å². The molecular formula is C28H27Cl2N5O4. The zero-order chi connectivity index (χ0) is 28.1. The van der Waals surface area contributed by atoms with E-state index in [1.54, 1.807) is 18.3 Å². The minimum atomic E-state index is -0.325. The normalized spacial score (nSPS) is 10.7. The molecule has 4 rings (SSSR count). The number of nitrogens with one attached hydrogen (secondary N) is 3. The number of rotatable bonds is 10. The molecule has 0 bridgehead atoms. The molecule has 0 aliphatic rings. The second-order valence-corrected chi connectivity index (χ2v) is 9.15. The van der Waals surface area contributed by atoms with E-state index in [1.165, 1.54) is 20.3 Å². The van der Waals surface area contributed by atoms with Crippen LogP contribution in [0.15, 0.2) is 55.3 Å². The molecule has 4 N–H and O–H groups in total. The quantitative estimate of drug-likeness (QED) is 0.167. The summed E-state index contributed by atoms with van der Waals surface area (Å²) in [6, 6.07) is 10.8. The average molecular weight is 568 g/mol. The average Bonchev–Trinajstić information content (AvgIpc) is 2.93. The van der Waals surface area contributed by atoms with E-state index in [0.29, 0.717) is 45.8 Å². The highest BCUT2D eigenvalue weighted by molar-refractivity contribution is 6.41. The van der Waals surface area contributed by atoms with Gasteiger partial charge in [-0.15, -0.1) is 0 Å². The summed E-state index contributed by atoms with van der Waals surface area (Å²) in [6.45, 7) is 5.59. The van der Waals surface area contributed by atoms with Crippen LogP contribution in [-0.4, -0.2) is 48.4 Å². The first kappa shape index (κ1) is 28.0. The molecule has 11 heteroatoms. The maximum absolute atomic E-state index is 12.0. The van der Waals surface area contributed by atoms with Gasteiger partial charge in [0.05, 0.1) is 47.9 Å². The van der Waals surface area contributed by atoms with E-state index in [1.807, 2.05) is 31.2 Å². The Morgan fingerprint density at radius 3 is 2.49 bits per heavy atom. The van der Waals surface area contributed by atoms with Gasteiger partial charge < -0.3 is 30.5 Å². The number of nitrogens with zero attached hydrogens (tertiary/aromatic N) is 2. The summed E-state index contributed by atoms with van der Waals surface area (Å²) in [6.07, 6.45) is 2.89. The van der Waals surface area contributed by atoms with Crippen LogP contribution in [0.25, 0.3) is 22.0 Å². The topological polar surface area (TPSA) is 118 Å². The van der Waals surface area contributed by atoms with Crippen LogP contribution in [0.3, 0.4) is 0 Å². The van der Waals surface area contributed by atoms with Crippen LogP contribution >= 0.6 is 23.2 Å². The van der Waals surface area contributed by atoms with Crippen LogP contribution in [0, 0.1) is 6.92 Å². The molecule has 4 aromatic rings. The Morgan fingerprint density at radius 2 is 1.85 bits per heavy atom. The molecule has 0 saturated heterocycles. The second kappa shape index (κ2) is 12.2. The zero-order valence-electron chi connectivity index (χ0n) is 21.6. The minimum Gasteiger partial charge on any atom is -0.495 e. The van der Waals surface area contributed by atoms with Crippen molar-refractivity contribution in [3.05, 3.63) is 70.9 Å². The van der Waals surface area contributed by atoms with E-state index in [9.17, 15) is 9.90 Å². The van der Waals surface area contributed by atoms with Crippen molar-refractivity contribution in [1.29, 1.82) is 0 Å². The Bertz CT molecular complexity index is 1530. The summed E-state index contributed by atoms with van der Waals surface area (Å²) in [5.41, 5.74) is 3.09. The zero-order valence-corrected chi connectivity index (χ0v) is 23.1. The minimum absolute atomic E-state index is 0.104. The lowest BCUT2D eigenvalue weighted by Crippen LogP contribution is -2.10. The number of para-hydroxylation sites is 1. The van der Waals surface area contributed by atoms with Crippen LogP contribution in [0.5, 0.6) is 11.5 Å². The highest BCUT2D eigenvalue weighted by atomic mass is 35.5. The highest BCUT2D eigenvalue weighted by Crippen LogP contribution is 2.46. The predicted molar refractivity (Wildman–Crippen MR) is 157 cm³/mol. The van der Waals surface area contributed by atoms with Gasteiger partial charge in [0.1, 0.15) is 23.1 Å². The van der Waals surface area contributed by atoms with Crippen molar-refractivity contribution in [2.24, 2.45) is 0 Å². The number of anilines is 4. The smallest absolute Gasteiger partial charge is 0.247 e. The summed E-state index contributed by atoms with van der Waals surface area (Å²) in [4.78, 5) is 21.3. The summed E-state index contributed by atoms with van der Waals surface area (Å²) < 4.78 is 10.8. The van der Waals surface area contributed by atoms with Crippen molar-refractivity contribution in [2.45, 2.75) is 6.92 Å². The van der Waals surface area contributed by atoms with Gasteiger partial charge in [-0.05, 0) is 36.8 Å². The molecule has 2 aromatic carbocycles. The molecule has 0 radical (unpaired) electrons. The number of aromatic nitrogens is 2. The second-order valence-electron chi connectivity index (χ2n) is 8.40. The van der Waals surface area contributed by atoms with Crippen molar-refractivity contribution in [3.8, 4) is 22.8 Å². The Balaban J connectivity index is 1.84. The first-order valence-corrected chi connectivity index (χ1v) is 12.6. The fraction of sp³-hybridized carbons (Fsp3) is 0.179. The third-order valence-electron chi connectivity index (χ3n) is 5.92. The van der Waals surface area contributed by atoms with E-state index in [-0.39, 0.29) is 29.1 Å². The third kappa shape index (κ3) is 5.85. The third-order valence-corrected chi connectivity index (χ3v) is 6.67. The number of aliphatic hydroxyl groups excluding tert-OH is 1. The summed E-state index contributed by atoms with van der Waals surface area (Å²) >= 11 is 13.3. The lowest BCUT2D eigenvalue weighted by Gasteiger charge is -2.17. The molecule has 202 valence electrons. The van der Waals surface area contributed by atoms with E-state index < -0.39 is 0 Å². The molecule has 0 saturated carbocycles. The molecule has 0 spiro atoms. The van der Waals surface area contributed by atoms with Gasteiger partial charge in [-0.3, -0.25) is 4.79 Å². The Hall–Kier alpha value is -4.05. The molecule has 0 fully saturated rings. The summed E-state index contributed by atoms with van der Waals surface area (Å²) in [5.74, 6) is 1.45. The molecule has 39 heavy (non-hydrogen) atoms. The van der Waals surface area contributed by atoms with Crippen LogP contribution < -0.4 is 25.4 Å². The Morgan fingerprint density at radius 1 is 1.13 bits per heavy atom. The number of methoxy groups -OCH3 is 2. The monoisotopic (exact) mass is 567 g/mol. The number of carbonyl (C=O) groups is 1. The molecule has 0 aliphatic carbocycles.